The van der Waals surface area contributed by atoms with Gasteiger partial charge in [-0.2, -0.15) is 0 Å². The highest BCUT2D eigenvalue weighted by Gasteiger charge is 2.31. The third-order valence-corrected chi connectivity index (χ3v) is 3.16. The first-order chi connectivity index (χ1) is 12.1. The molecule has 1 rings (SSSR count). The average molecular weight is 378 g/mol. The van der Waals surface area contributed by atoms with Gasteiger partial charge in [-0.05, 0) is 79.7 Å². The van der Waals surface area contributed by atoms with Gasteiger partial charge in [0, 0.05) is 5.69 Å². The quantitative estimate of drug-likeness (QED) is 0.776. The molecule has 1 aromatic carbocycles. The highest BCUT2D eigenvalue weighted by molar-refractivity contribution is 5.99. The predicted molar refractivity (Wildman–Crippen MR) is 104 cm³/mol. The van der Waals surface area contributed by atoms with Crippen molar-refractivity contribution in [2.24, 2.45) is 0 Å². The molecule has 0 aliphatic carbocycles. The Labute approximate surface area is 160 Å². The van der Waals surface area contributed by atoms with Gasteiger partial charge in [0.25, 0.3) is 0 Å². The first kappa shape index (κ1) is 22.5. The molecule has 0 unspecified atom stereocenters. The lowest BCUT2D eigenvalue weighted by molar-refractivity contribution is -0.121. The molecule has 27 heavy (non-hydrogen) atoms. The molecule has 0 saturated heterocycles. The molecule has 2 N–H and O–H groups in total. The third kappa shape index (κ3) is 8.11. The molecule has 7 heteroatoms. The number of nitrogens with one attached hydrogen (secondary N) is 2. The van der Waals surface area contributed by atoms with Crippen molar-refractivity contribution >= 4 is 23.7 Å². The lowest BCUT2D eigenvalue weighted by atomic mass is 10.0. The fourth-order valence-electron chi connectivity index (χ4n) is 1.93. The maximum absolute atomic E-state index is 12.5. The highest BCUT2D eigenvalue weighted by atomic mass is 16.6. The van der Waals surface area contributed by atoms with Gasteiger partial charge in [0.1, 0.15) is 16.7 Å². The van der Waals surface area contributed by atoms with Gasteiger partial charge >= 0.3 is 12.1 Å². The van der Waals surface area contributed by atoms with E-state index in [0.717, 1.165) is 0 Å². The van der Waals surface area contributed by atoms with Gasteiger partial charge in [-0.25, -0.2) is 9.59 Å². The molecule has 1 aromatic rings. The molecule has 150 valence electrons. The van der Waals surface area contributed by atoms with E-state index in [0.29, 0.717) is 11.3 Å². The summed E-state index contributed by atoms with van der Waals surface area (Å²) in [6.45, 7) is 13.7. The standard InChI is InChI=1S/C20H30N2O5/c1-18(2,3)26-15(23)13-9-11-14(12-10-13)21-16(24)20(7,8)22-17(25)27-19(4,5)6/h9-12H,1-8H3,(H,21,24)(H,22,25). The molecule has 0 aliphatic heterocycles. The van der Waals surface area contributed by atoms with E-state index in [1.54, 1.807) is 79.7 Å². The Morgan fingerprint density at radius 1 is 0.778 bits per heavy atom. The first-order valence-electron chi connectivity index (χ1n) is 8.75. The minimum absolute atomic E-state index is 0.383. The largest absolute Gasteiger partial charge is 0.456 e. The van der Waals surface area contributed by atoms with Crippen molar-refractivity contribution < 1.29 is 23.9 Å². The zero-order valence-corrected chi connectivity index (χ0v) is 17.4. The van der Waals surface area contributed by atoms with Crippen molar-refractivity contribution in [2.75, 3.05) is 5.32 Å². The second kappa shape index (κ2) is 7.98. The van der Waals surface area contributed by atoms with E-state index >= 15 is 0 Å². The molecular formula is C20H30N2O5. The Morgan fingerprint density at radius 2 is 1.26 bits per heavy atom. The molecule has 0 spiro atoms. The summed E-state index contributed by atoms with van der Waals surface area (Å²) in [6, 6.07) is 6.33. The zero-order chi connectivity index (χ0) is 21.0. The summed E-state index contributed by atoms with van der Waals surface area (Å²) in [7, 11) is 0. The summed E-state index contributed by atoms with van der Waals surface area (Å²) >= 11 is 0. The van der Waals surface area contributed by atoms with Crippen molar-refractivity contribution in [1.82, 2.24) is 5.32 Å². The number of alkyl carbamates (subject to hydrolysis) is 1. The average Bonchev–Trinajstić information content (AvgIpc) is 2.43. The molecular weight excluding hydrogens is 348 g/mol. The van der Waals surface area contributed by atoms with Gasteiger partial charge in [0.2, 0.25) is 5.91 Å². The first-order valence-corrected chi connectivity index (χ1v) is 8.75. The zero-order valence-electron chi connectivity index (χ0n) is 17.4. The fraction of sp³-hybridized carbons (Fsp3) is 0.550. The maximum Gasteiger partial charge on any atom is 0.408 e. The SMILES string of the molecule is CC(C)(C)OC(=O)NC(C)(C)C(=O)Nc1ccc(C(=O)OC(C)(C)C)cc1. The summed E-state index contributed by atoms with van der Waals surface area (Å²) in [4.78, 5) is 36.4. The Hall–Kier alpha value is -2.57. The molecule has 0 atom stereocenters. The summed E-state index contributed by atoms with van der Waals surface area (Å²) < 4.78 is 10.5. The second-order valence-corrected chi connectivity index (χ2v) is 8.79. The molecule has 0 saturated carbocycles. The number of ether oxygens (including phenoxy) is 2. The van der Waals surface area contributed by atoms with Crippen molar-refractivity contribution in [3.63, 3.8) is 0 Å². The number of hydrogen-bond acceptors (Lipinski definition) is 5. The molecule has 0 aliphatic rings. The Bertz CT molecular complexity index is 695. The Morgan fingerprint density at radius 3 is 1.70 bits per heavy atom. The van der Waals surface area contributed by atoms with Crippen LogP contribution >= 0.6 is 0 Å². The number of carbonyl (C=O) groups excluding carboxylic acids is 3. The van der Waals surface area contributed by atoms with Crippen molar-refractivity contribution in [3.8, 4) is 0 Å². The molecule has 0 heterocycles. The van der Waals surface area contributed by atoms with Gasteiger partial charge < -0.3 is 20.1 Å². The normalized spacial score (nSPS) is 12.1. The molecule has 7 nitrogen and oxygen atoms in total. The van der Waals surface area contributed by atoms with Crippen LogP contribution in [-0.2, 0) is 14.3 Å². The van der Waals surface area contributed by atoms with Crippen molar-refractivity contribution in [1.29, 1.82) is 0 Å². The minimum Gasteiger partial charge on any atom is -0.456 e. The Kier molecular flexibility index (Phi) is 6.64. The molecule has 0 bridgehead atoms. The van der Waals surface area contributed by atoms with Crippen LogP contribution in [0.3, 0.4) is 0 Å². The van der Waals surface area contributed by atoms with E-state index in [-0.39, 0.29) is 0 Å². The van der Waals surface area contributed by atoms with E-state index in [1.165, 1.54) is 0 Å². The van der Waals surface area contributed by atoms with Crippen LogP contribution in [-0.4, -0.2) is 34.7 Å². The predicted octanol–water partition coefficient (Wildman–Crippen LogP) is 3.88. The lowest BCUT2D eigenvalue weighted by Crippen LogP contribution is -2.53. The summed E-state index contributed by atoms with van der Waals surface area (Å²) in [6.07, 6.45) is -0.678. The number of amides is 2. The van der Waals surface area contributed by atoms with Gasteiger partial charge in [0.15, 0.2) is 0 Å². The second-order valence-electron chi connectivity index (χ2n) is 8.79. The molecule has 2 amide bonds. The summed E-state index contributed by atoms with van der Waals surface area (Å²) in [5.41, 5.74) is -1.55. The number of rotatable bonds is 4. The summed E-state index contributed by atoms with van der Waals surface area (Å²) in [5.74, 6) is -0.856. The van der Waals surface area contributed by atoms with Crippen molar-refractivity contribution in [2.45, 2.75) is 72.1 Å². The van der Waals surface area contributed by atoms with Crippen molar-refractivity contribution in [3.05, 3.63) is 29.8 Å². The van der Waals surface area contributed by atoms with Gasteiger partial charge in [0.05, 0.1) is 5.56 Å². The number of hydrogen-bond donors (Lipinski definition) is 2. The topological polar surface area (TPSA) is 93.7 Å². The van der Waals surface area contributed by atoms with Crippen LogP contribution in [0.15, 0.2) is 24.3 Å². The monoisotopic (exact) mass is 378 g/mol. The van der Waals surface area contributed by atoms with Gasteiger partial charge in [-0.1, -0.05) is 0 Å². The Balaban J connectivity index is 2.73. The van der Waals surface area contributed by atoms with Gasteiger partial charge in [-0.15, -0.1) is 0 Å². The van der Waals surface area contributed by atoms with Crippen LogP contribution in [0.25, 0.3) is 0 Å². The fourth-order valence-corrected chi connectivity index (χ4v) is 1.93. The van der Waals surface area contributed by atoms with Crippen LogP contribution in [0.1, 0.15) is 65.7 Å². The molecule has 0 fully saturated rings. The lowest BCUT2D eigenvalue weighted by Gasteiger charge is -2.27. The van der Waals surface area contributed by atoms with Crippen LogP contribution in [0, 0.1) is 0 Å². The summed E-state index contributed by atoms with van der Waals surface area (Å²) in [5, 5.41) is 5.24. The van der Waals surface area contributed by atoms with Crippen LogP contribution in [0.2, 0.25) is 0 Å². The minimum atomic E-state index is -1.19. The van der Waals surface area contributed by atoms with E-state index in [2.05, 4.69) is 10.6 Å². The third-order valence-electron chi connectivity index (χ3n) is 3.16. The number of esters is 1. The molecule has 0 aromatic heterocycles. The van der Waals surface area contributed by atoms with E-state index < -0.39 is 34.7 Å². The van der Waals surface area contributed by atoms with Crippen LogP contribution < -0.4 is 10.6 Å². The number of anilines is 1. The van der Waals surface area contributed by atoms with Crippen LogP contribution in [0.5, 0.6) is 0 Å². The van der Waals surface area contributed by atoms with Gasteiger partial charge in [-0.3, -0.25) is 4.79 Å². The maximum atomic E-state index is 12.5. The van der Waals surface area contributed by atoms with E-state index in [4.69, 9.17) is 9.47 Å². The van der Waals surface area contributed by atoms with Crippen LogP contribution in [0.4, 0.5) is 10.5 Å². The number of benzene rings is 1. The van der Waals surface area contributed by atoms with E-state index in [9.17, 15) is 14.4 Å². The smallest absolute Gasteiger partial charge is 0.408 e. The number of carbonyl (C=O) groups is 3. The highest BCUT2D eigenvalue weighted by Crippen LogP contribution is 2.16. The van der Waals surface area contributed by atoms with E-state index in [1.807, 2.05) is 0 Å². The molecule has 0 radical (unpaired) electrons.